The van der Waals surface area contributed by atoms with Gasteiger partial charge in [0.25, 0.3) is 0 Å². The van der Waals surface area contributed by atoms with Crippen LogP contribution in [0.1, 0.15) is 44.2 Å². The second kappa shape index (κ2) is 8.63. The van der Waals surface area contributed by atoms with Gasteiger partial charge in [-0.15, -0.1) is 0 Å². The van der Waals surface area contributed by atoms with Gasteiger partial charge in [-0.2, -0.15) is 0 Å². The van der Waals surface area contributed by atoms with Crippen LogP contribution >= 0.6 is 0 Å². The monoisotopic (exact) mass is 342 g/mol. The van der Waals surface area contributed by atoms with Crippen molar-refractivity contribution in [3.8, 4) is 0 Å². The first-order valence-corrected chi connectivity index (χ1v) is 9.48. The lowest BCUT2D eigenvalue weighted by atomic mass is 9.93. The van der Waals surface area contributed by atoms with E-state index in [2.05, 4.69) is 60.5 Å². The maximum Gasteiger partial charge on any atom is 0.223 e. The van der Waals surface area contributed by atoms with Gasteiger partial charge < -0.3 is 10.1 Å². The zero-order valence-electron chi connectivity index (χ0n) is 15.4. The minimum Gasteiger partial charge on any atom is -0.373 e. The Morgan fingerprint density at radius 2 is 1.80 bits per heavy atom. The Hall–Kier alpha value is -1.65. The SMILES string of the molecule is CC1CN(Cc2ccc(CNC(=O)C3CC=CCC3)cc2)CC(C)O1. The van der Waals surface area contributed by atoms with Crippen LogP contribution in [0.15, 0.2) is 36.4 Å². The van der Waals surface area contributed by atoms with E-state index in [1.54, 1.807) is 0 Å². The third-order valence-electron chi connectivity index (χ3n) is 5.03. The minimum atomic E-state index is 0.148. The van der Waals surface area contributed by atoms with Crippen LogP contribution in [0, 0.1) is 5.92 Å². The van der Waals surface area contributed by atoms with Crippen molar-refractivity contribution < 1.29 is 9.53 Å². The summed E-state index contributed by atoms with van der Waals surface area (Å²) in [5.74, 6) is 0.333. The number of carbonyl (C=O) groups is 1. The average molecular weight is 342 g/mol. The number of morpholine rings is 1. The summed E-state index contributed by atoms with van der Waals surface area (Å²) in [7, 11) is 0. The lowest BCUT2D eigenvalue weighted by Crippen LogP contribution is -2.44. The molecule has 1 aromatic carbocycles. The first-order valence-electron chi connectivity index (χ1n) is 9.48. The molecule has 3 rings (SSSR count). The highest BCUT2D eigenvalue weighted by Crippen LogP contribution is 2.18. The van der Waals surface area contributed by atoms with E-state index in [1.807, 2.05) is 0 Å². The molecular formula is C21H30N2O2. The number of allylic oxidation sites excluding steroid dienone is 2. The van der Waals surface area contributed by atoms with Crippen LogP contribution in [-0.2, 0) is 22.6 Å². The van der Waals surface area contributed by atoms with Crippen LogP contribution in [0.2, 0.25) is 0 Å². The molecule has 0 bridgehead atoms. The number of ether oxygens (including phenoxy) is 1. The fourth-order valence-corrected chi connectivity index (χ4v) is 3.80. The van der Waals surface area contributed by atoms with Crippen LogP contribution in [0.5, 0.6) is 0 Å². The van der Waals surface area contributed by atoms with Crippen LogP contribution in [0.4, 0.5) is 0 Å². The molecule has 2 aliphatic rings. The Balaban J connectivity index is 1.47. The molecule has 1 amide bonds. The molecule has 25 heavy (non-hydrogen) atoms. The van der Waals surface area contributed by atoms with Crippen LogP contribution in [-0.4, -0.2) is 36.1 Å². The fourth-order valence-electron chi connectivity index (χ4n) is 3.80. The summed E-state index contributed by atoms with van der Waals surface area (Å²) >= 11 is 0. The van der Waals surface area contributed by atoms with Gasteiger partial charge in [0.05, 0.1) is 12.2 Å². The number of amides is 1. The fraction of sp³-hybridized carbons (Fsp3) is 0.571. The Morgan fingerprint density at radius 1 is 1.12 bits per heavy atom. The second-order valence-electron chi connectivity index (χ2n) is 7.47. The number of nitrogens with one attached hydrogen (secondary N) is 1. The lowest BCUT2D eigenvalue weighted by molar-refractivity contribution is -0.125. The Kier molecular flexibility index (Phi) is 6.27. The maximum atomic E-state index is 12.2. The van der Waals surface area contributed by atoms with Crippen molar-refractivity contribution in [1.29, 1.82) is 0 Å². The van der Waals surface area contributed by atoms with E-state index in [1.165, 1.54) is 5.56 Å². The first kappa shape index (κ1) is 18.2. The average Bonchev–Trinajstić information content (AvgIpc) is 2.61. The summed E-state index contributed by atoms with van der Waals surface area (Å²) in [6, 6.07) is 8.61. The predicted octanol–water partition coefficient (Wildman–Crippen LogP) is 3.27. The zero-order valence-corrected chi connectivity index (χ0v) is 15.4. The van der Waals surface area contributed by atoms with Gasteiger partial charge in [-0.05, 0) is 44.2 Å². The van der Waals surface area contributed by atoms with Gasteiger partial charge in [0.1, 0.15) is 0 Å². The van der Waals surface area contributed by atoms with E-state index in [9.17, 15) is 4.79 Å². The molecule has 0 aromatic heterocycles. The summed E-state index contributed by atoms with van der Waals surface area (Å²) < 4.78 is 5.79. The highest BCUT2D eigenvalue weighted by atomic mass is 16.5. The Morgan fingerprint density at radius 3 is 2.44 bits per heavy atom. The Bertz CT molecular complexity index is 586. The lowest BCUT2D eigenvalue weighted by Gasteiger charge is -2.35. The third kappa shape index (κ3) is 5.41. The van der Waals surface area contributed by atoms with Gasteiger partial charge in [-0.1, -0.05) is 36.4 Å². The van der Waals surface area contributed by atoms with Crippen LogP contribution < -0.4 is 5.32 Å². The van der Waals surface area contributed by atoms with E-state index in [0.29, 0.717) is 18.8 Å². The highest BCUT2D eigenvalue weighted by molar-refractivity contribution is 5.78. The molecule has 3 atom stereocenters. The van der Waals surface area contributed by atoms with Crippen molar-refractivity contribution >= 4 is 5.91 Å². The molecular weight excluding hydrogens is 312 g/mol. The molecule has 1 aliphatic heterocycles. The van der Waals surface area contributed by atoms with Crippen molar-refractivity contribution in [3.63, 3.8) is 0 Å². The molecule has 1 fully saturated rings. The van der Waals surface area contributed by atoms with Gasteiger partial charge in [0.2, 0.25) is 5.91 Å². The molecule has 4 nitrogen and oxygen atoms in total. The van der Waals surface area contributed by atoms with Gasteiger partial charge in [-0.3, -0.25) is 9.69 Å². The molecule has 1 heterocycles. The topological polar surface area (TPSA) is 41.6 Å². The predicted molar refractivity (Wildman–Crippen MR) is 100 cm³/mol. The molecule has 1 aliphatic carbocycles. The van der Waals surface area contributed by atoms with Crippen molar-refractivity contribution in [1.82, 2.24) is 10.2 Å². The number of hydrogen-bond acceptors (Lipinski definition) is 3. The van der Waals surface area contributed by atoms with Crippen LogP contribution in [0.25, 0.3) is 0 Å². The number of rotatable bonds is 5. The number of nitrogens with zero attached hydrogens (tertiary/aromatic N) is 1. The smallest absolute Gasteiger partial charge is 0.223 e. The van der Waals surface area contributed by atoms with Gasteiger partial charge in [0.15, 0.2) is 0 Å². The first-order chi connectivity index (χ1) is 12.1. The summed E-state index contributed by atoms with van der Waals surface area (Å²) in [5.41, 5.74) is 2.47. The molecule has 0 radical (unpaired) electrons. The highest BCUT2D eigenvalue weighted by Gasteiger charge is 2.22. The van der Waals surface area contributed by atoms with Gasteiger partial charge in [-0.25, -0.2) is 0 Å². The van der Waals surface area contributed by atoms with E-state index < -0.39 is 0 Å². The number of benzene rings is 1. The summed E-state index contributed by atoms with van der Waals surface area (Å²) in [6.45, 7) is 7.81. The molecule has 0 spiro atoms. The molecule has 1 saturated heterocycles. The Labute approximate surface area is 151 Å². The summed E-state index contributed by atoms with van der Waals surface area (Å²) in [4.78, 5) is 14.6. The molecule has 4 heteroatoms. The normalized spacial score (nSPS) is 27.2. The summed E-state index contributed by atoms with van der Waals surface area (Å²) in [5, 5.41) is 3.08. The number of carbonyl (C=O) groups excluding carboxylic acids is 1. The van der Waals surface area contributed by atoms with E-state index in [4.69, 9.17) is 4.74 Å². The van der Waals surface area contributed by atoms with Crippen molar-refractivity contribution in [2.45, 2.75) is 58.4 Å². The standard InChI is InChI=1S/C21H30N2O2/c1-16-13-23(14-17(2)25-16)15-19-10-8-18(9-11-19)12-22-21(24)20-6-4-3-5-7-20/h3-4,8-11,16-17,20H,5-7,12-15H2,1-2H3,(H,22,24). The quantitative estimate of drug-likeness (QED) is 0.835. The van der Waals surface area contributed by atoms with Crippen LogP contribution in [0.3, 0.4) is 0 Å². The molecule has 136 valence electrons. The van der Waals surface area contributed by atoms with Crippen molar-refractivity contribution in [2.75, 3.05) is 13.1 Å². The zero-order chi connectivity index (χ0) is 17.6. The molecule has 0 saturated carbocycles. The van der Waals surface area contributed by atoms with E-state index in [0.717, 1.165) is 44.5 Å². The molecule has 3 unspecified atom stereocenters. The summed E-state index contributed by atoms with van der Waals surface area (Å²) in [6.07, 6.45) is 7.75. The maximum absolute atomic E-state index is 12.2. The third-order valence-corrected chi connectivity index (χ3v) is 5.03. The van der Waals surface area contributed by atoms with Gasteiger partial charge >= 0.3 is 0 Å². The molecule has 1 aromatic rings. The minimum absolute atomic E-state index is 0.148. The van der Waals surface area contributed by atoms with Gasteiger partial charge in [0, 0.05) is 32.1 Å². The van der Waals surface area contributed by atoms with Crippen molar-refractivity contribution in [3.05, 3.63) is 47.5 Å². The van der Waals surface area contributed by atoms with E-state index >= 15 is 0 Å². The second-order valence-corrected chi connectivity index (χ2v) is 7.47. The van der Waals surface area contributed by atoms with Crippen molar-refractivity contribution in [2.24, 2.45) is 5.92 Å². The number of hydrogen-bond donors (Lipinski definition) is 1. The van der Waals surface area contributed by atoms with E-state index in [-0.39, 0.29) is 11.8 Å². The molecule has 1 N–H and O–H groups in total. The largest absolute Gasteiger partial charge is 0.373 e.